The van der Waals surface area contributed by atoms with Crippen LogP contribution in [0.4, 0.5) is 10.8 Å². The molecule has 8 heteroatoms. The van der Waals surface area contributed by atoms with Crippen LogP contribution in [-0.2, 0) is 4.79 Å². The summed E-state index contributed by atoms with van der Waals surface area (Å²) in [6.45, 7) is 1.80. The molecular formula is C12H14N4O2S2. The Kier molecular flexibility index (Phi) is 4.80. The van der Waals surface area contributed by atoms with E-state index >= 15 is 0 Å². The zero-order valence-electron chi connectivity index (χ0n) is 11.0. The highest BCUT2D eigenvalue weighted by atomic mass is 32.2. The van der Waals surface area contributed by atoms with Crippen LogP contribution in [0, 0.1) is 0 Å². The maximum absolute atomic E-state index is 12.1. The highest BCUT2D eigenvalue weighted by Gasteiger charge is 2.18. The molecule has 20 heavy (non-hydrogen) atoms. The molecule has 0 saturated carbocycles. The van der Waals surface area contributed by atoms with Gasteiger partial charge in [-0.15, -0.1) is 10.2 Å². The number of carbonyl (C=O) groups excluding carboxylic acids is 1. The fourth-order valence-electron chi connectivity index (χ4n) is 1.46. The molecule has 106 valence electrons. The van der Waals surface area contributed by atoms with E-state index in [1.807, 2.05) is 12.1 Å². The molecule has 0 aliphatic carbocycles. The molecule has 0 bridgehead atoms. The number of benzene rings is 1. The fourth-order valence-corrected chi connectivity index (χ4v) is 3.24. The van der Waals surface area contributed by atoms with Gasteiger partial charge in [0.25, 0.3) is 0 Å². The third kappa shape index (κ3) is 3.61. The molecule has 0 spiro atoms. The first kappa shape index (κ1) is 14.6. The molecule has 1 amide bonds. The summed E-state index contributed by atoms with van der Waals surface area (Å²) < 4.78 is 5.86. The Bertz CT molecular complexity index is 603. The second-order valence-electron chi connectivity index (χ2n) is 3.86. The normalized spacial score (nSPS) is 11.9. The Hall–Kier alpha value is -1.80. The first-order chi connectivity index (χ1) is 9.60. The van der Waals surface area contributed by atoms with Crippen molar-refractivity contribution in [3.05, 3.63) is 24.3 Å². The number of hydrogen-bond donors (Lipinski definition) is 2. The van der Waals surface area contributed by atoms with E-state index < -0.39 is 0 Å². The van der Waals surface area contributed by atoms with Crippen LogP contribution in [0.2, 0.25) is 0 Å². The summed E-state index contributed by atoms with van der Waals surface area (Å²) in [6.07, 6.45) is 0. The highest BCUT2D eigenvalue weighted by Crippen LogP contribution is 2.29. The second kappa shape index (κ2) is 6.58. The van der Waals surface area contributed by atoms with Crippen molar-refractivity contribution in [1.29, 1.82) is 0 Å². The minimum atomic E-state index is -0.313. The molecule has 0 aliphatic rings. The van der Waals surface area contributed by atoms with Crippen LogP contribution < -0.4 is 15.8 Å². The van der Waals surface area contributed by atoms with E-state index in [4.69, 9.17) is 10.5 Å². The number of nitrogens with zero attached hydrogens (tertiary/aromatic N) is 2. The van der Waals surface area contributed by atoms with Crippen LogP contribution in [0.3, 0.4) is 0 Å². The van der Waals surface area contributed by atoms with Gasteiger partial charge < -0.3 is 15.8 Å². The molecule has 1 atom stereocenters. The van der Waals surface area contributed by atoms with Crippen molar-refractivity contribution in [1.82, 2.24) is 10.2 Å². The van der Waals surface area contributed by atoms with Gasteiger partial charge in [0.15, 0.2) is 4.34 Å². The number of aromatic nitrogens is 2. The lowest BCUT2D eigenvalue weighted by molar-refractivity contribution is -0.115. The minimum absolute atomic E-state index is 0.131. The van der Waals surface area contributed by atoms with Gasteiger partial charge in [0.1, 0.15) is 5.75 Å². The molecule has 2 rings (SSSR count). The van der Waals surface area contributed by atoms with Gasteiger partial charge in [-0.1, -0.05) is 35.2 Å². The first-order valence-corrected chi connectivity index (χ1v) is 7.49. The van der Waals surface area contributed by atoms with E-state index in [0.29, 0.717) is 20.9 Å². The van der Waals surface area contributed by atoms with E-state index in [2.05, 4.69) is 15.5 Å². The number of carbonyl (C=O) groups is 1. The Morgan fingerprint density at radius 3 is 2.85 bits per heavy atom. The van der Waals surface area contributed by atoms with E-state index in [0.717, 1.165) is 0 Å². The van der Waals surface area contributed by atoms with Crippen molar-refractivity contribution in [3.63, 3.8) is 0 Å². The number of nitrogens with two attached hydrogens (primary N) is 1. The average Bonchev–Trinajstić information content (AvgIpc) is 2.84. The number of para-hydroxylation sites is 2. The monoisotopic (exact) mass is 310 g/mol. The molecule has 1 unspecified atom stereocenters. The zero-order chi connectivity index (χ0) is 14.5. The SMILES string of the molecule is COc1ccccc1NC(=O)C(C)Sc1nnc(N)s1. The number of nitrogens with one attached hydrogen (secondary N) is 1. The number of nitrogen functional groups attached to an aromatic ring is 1. The fraction of sp³-hybridized carbons (Fsp3) is 0.250. The van der Waals surface area contributed by atoms with Crippen molar-refractivity contribution in [2.24, 2.45) is 0 Å². The molecule has 0 aliphatic heterocycles. The summed E-state index contributed by atoms with van der Waals surface area (Å²) in [7, 11) is 1.56. The van der Waals surface area contributed by atoms with Crippen molar-refractivity contribution in [3.8, 4) is 5.75 Å². The standard InChI is InChI=1S/C12H14N4O2S2/c1-7(19-12-16-15-11(13)20-12)10(17)14-8-5-3-4-6-9(8)18-2/h3-7H,1-2H3,(H2,13,15)(H,14,17). The van der Waals surface area contributed by atoms with Crippen LogP contribution in [0.1, 0.15) is 6.92 Å². The maximum Gasteiger partial charge on any atom is 0.237 e. The molecule has 0 saturated heterocycles. The zero-order valence-corrected chi connectivity index (χ0v) is 12.6. The van der Waals surface area contributed by atoms with Crippen molar-refractivity contribution < 1.29 is 9.53 Å². The molecule has 2 aromatic rings. The number of anilines is 2. The van der Waals surface area contributed by atoms with Crippen LogP contribution >= 0.6 is 23.1 Å². The molecule has 6 nitrogen and oxygen atoms in total. The average molecular weight is 310 g/mol. The number of methoxy groups -OCH3 is 1. The van der Waals surface area contributed by atoms with E-state index in [-0.39, 0.29) is 11.2 Å². The van der Waals surface area contributed by atoms with Crippen LogP contribution in [0.15, 0.2) is 28.6 Å². The van der Waals surface area contributed by atoms with Gasteiger partial charge in [0, 0.05) is 0 Å². The van der Waals surface area contributed by atoms with E-state index in [9.17, 15) is 4.79 Å². The van der Waals surface area contributed by atoms with Gasteiger partial charge in [0.05, 0.1) is 18.0 Å². The summed E-state index contributed by atoms with van der Waals surface area (Å²) in [5, 5.41) is 10.5. The summed E-state index contributed by atoms with van der Waals surface area (Å²) >= 11 is 2.58. The predicted molar refractivity (Wildman–Crippen MR) is 81.3 cm³/mol. The van der Waals surface area contributed by atoms with Gasteiger partial charge in [-0.2, -0.15) is 0 Å². The van der Waals surface area contributed by atoms with Crippen LogP contribution in [-0.4, -0.2) is 28.5 Å². The number of ether oxygens (including phenoxy) is 1. The maximum atomic E-state index is 12.1. The molecule has 1 heterocycles. The lowest BCUT2D eigenvalue weighted by atomic mass is 10.3. The van der Waals surface area contributed by atoms with Crippen molar-refractivity contribution in [2.45, 2.75) is 16.5 Å². The predicted octanol–water partition coefficient (Wildman–Crippen LogP) is 2.25. The topological polar surface area (TPSA) is 90.1 Å². The first-order valence-electron chi connectivity index (χ1n) is 5.79. The number of amides is 1. The summed E-state index contributed by atoms with van der Waals surface area (Å²) in [4.78, 5) is 12.1. The number of thioether (sulfide) groups is 1. The Morgan fingerprint density at radius 2 is 2.20 bits per heavy atom. The molecule has 1 aromatic carbocycles. The second-order valence-corrected chi connectivity index (χ2v) is 6.45. The number of hydrogen-bond acceptors (Lipinski definition) is 7. The summed E-state index contributed by atoms with van der Waals surface area (Å²) in [5.74, 6) is 0.492. The lowest BCUT2D eigenvalue weighted by Crippen LogP contribution is -2.22. The van der Waals surface area contributed by atoms with Gasteiger partial charge in [-0.25, -0.2) is 0 Å². The van der Waals surface area contributed by atoms with Crippen molar-refractivity contribution >= 4 is 39.8 Å². The Balaban J connectivity index is 2.00. The van der Waals surface area contributed by atoms with Gasteiger partial charge in [0.2, 0.25) is 11.0 Å². The summed E-state index contributed by atoms with van der Waals surface area (Å²) in [5.41, 5.74) is 6.15. The Labute approximate surface area is 124 Å². The quantitative estimate of drug-likeness (QED) is 0.823. The van der Waals surface area contributed by atoms with Crippen molar-refractivity contribution in [2.75, 3.05) is 18.2 Å². The smallest absolute Gasteiger partial charge is 0.237 e. The van der Waals surface area contributed by atoms with E-state index in [1.165, 1.54) is 23.1 Å². The molecule has 1 aromatic heterocycles. The molecule has 0 radical (unpaired) electrons. The minimum Gasteiger partial charge on any atom is -0.495 e. The third-order valence-corrected chi connectivity index (χ3v) is 4.37. The largest absolute Gasteiger partial charge is 0.495 e. The highest BCUT2D eigenvalue weighted by molar-refractivity contribution is 8.02. The van der Waals surface area contributed by atoms with E-state index in [1.54, 1.807) is 26.2 Å². The van der Waals surface area contributed by atoms with Gasteiger partial charge in [-0.05, 0) is 19.1 Å². The molecule has 3 N–H and O–H groups in total. The van der Waals surface area contributed by atoms with Crippen LogP contribution in [0.25, 0.3) is 0 Å². The molecule has 0 fully saturated rings. The summed E-state index contributed by atoms with van der Waals surface area (Å²) in [6, 6.07) is 7.26. The molecular weight excluding hydrogens is 296 g/mol. The van der Waals surface area contributed by atoms with Gasteiger partial charge >= 0.3 is 0 Å². The number of rotatable bonds is 5. The lowest BCUT2D eigenvalue weighted by Gasteiger charge is -2.12. The Morgan fingerprint density at radius 1 is 1.45 bits per heavy atom. The third-order valence-electron chi connectivity index (χ3n) is 2.43. The van der Waals surface area contributed by atoms with Crippen LogP contribution in [0.5, 0.6) is 5.75 Å². The van der Waals surface area contributed by atoms with Gasteiger partial charge in [-0.3, -0.25) is 4.79 Å².